The first-order valence-electron chi connectivity index (χ1n) is 7.63. The highest BCUT2D eigenvalue weighted by Crippen LogP contribution is 2.26. The SMILES string of the molecule is Cc1cc(C)n(CCCn2ccnc2-c2c(F)ccc(F)c2F)n1. The quantitative estimate of drug-likeness (QED) is 0.664. The summed E-state index contributed by atoms with van der Waals surface area (Å²) in [6.45, 7) is 5.06. The molecule has 24 heavy (non-hydrogen) atoms. The van der Waals surface area contributed by atoms with Gasteiger partial charge in [0.25, 0.3) is 0 Å². The molecule has 0 unspecified atom stereocenters. The second-order valence-corrected chi connectivity index (χ2v) is 5.67. The van der Waals surface area contributed by atoms with Crippen LogP contribution in [0.25, 0.3) is 11.4 Å². The average molecular weight is 334 g/mol. The Hall–Kier alpha value is -2.57. The highest BCUT2D eigenvalue weighted by Gasteiger charge is 2.19. The molecule has 0 N–H and O–H groups in total. The van der Waals surface area contributed by atoms with Crippen LogP contribution in [0.4, 0.5) is 13.2 Å². The van der Waals surface area contributed by atoms with Gasteiger partial charge in [-0.15, -0.1) is 0 Å². The Morgan fingerprint density at radius 3 is 2.50 bits per heavy atom. The lowest BCUT2D eigenvalue weighted by molar-refractivity contribution is 0.493. The van der Waals surface area contributed by atoms with Crippen LogP contribution in [0.5, 0.6) is 0 Å². The van der Waals surface area contributed by atoms with Crippen LogP contribution >= 0.6 is 0 Å². The number of hydrogen-bond acceptors (Lipinski definition) is 2. The van der Waals surface area contributed by atoms with E-state index in [2.05, 4.69) is 10.1 Å². The van der Waals surface area contributed by atoms with Crippen molar-refractivity contribution in [3.8, 4) is 11.4 Å². The summed E-state index contributed by atoms with van der Waals surface area (Å²) < 4.78 is 44.8. The van der Waals surface area contributed by atoms with Gasteiger partial charge in [0.2, 0.25) is 0 Å². The fourth-order valence-electron chi connectivity index (χ4n) is 2.74. The van der Waals surface area contributed by atoms with Gasteiger partial charge in [-0.2, -0.15) is 5.10 Å². The van der Waals surface area contributed by atoms with E-state index in [1.54, 1.807) is 10.8 Å². The van der Waals surface area contributed by atoms with Crippen LogP contribution in [-0.4, -0.2) is 19.3 Å². The van der Waals surface area contributed by atoms with Crippen molar-refractivity contribution in [3.63, 3.8) is 0 Å². The van der Waals surface area contributed by atoms with Crippen molar-refractivity contribution in [1.29, 1.82) is 0 Å². The molecule has 0 aliphatic rings. The van der Waals surface area contributed by atoms with E-state index in [9.17, 15) is 13.2 Å². The first-order valence-corrected chi connectivity index (χ1v) is 7.63. The van der Waals surface area contributed by atoms with Gasteiger partial charge in [0.05, 0.1) is 11.3 Å². The maximum atomic E-state index is 14.0. The summed E-state index contributed by atoms with van der Waals surface area (Å²) >= 11 is 0. The number of halogens is 3. The van der Waals surface area contributed by atoms with Crippen LogP contribution in [0, 0.1) is 31.3 Å². The zero-order valence-electron chi connectivity index (χ0n) is 13.4. The van der Waals surface area contributed by atoms with E-state index in [0.717, 1.165) is 23.5 Å². The predicted molar refractivity (Wildman–Crippen MR) is 83.9 cm³/mol. The Bertz CT molecular complexity index is 867. The fourth-order valence-corrected chi connectivity index (χ4v) is 2.74. The van der Waals surface area contributed by atoms with Crippen LogP contribution in [0.2, 0.25) is 0 Å². The molecule has 0 spiro atoms. The van der Waals surface area contributed by atoms with E-state index in [0.29, 0.717) is 19.5 Å². The van der Waals surface area contributed by atoms with Gasteiger partial charge >= 0.3 is 0 Å². The van der Waals surface area contributed by atoms with E-state index in [-0.39, 0.29) is 5.82 Å². The third kappa shape index (κ3) is 3.06. The first-order chi connectivity index (χ1) is 11.5. The number of nitrogens with zero attached hydrogens (tertiary/aromatic N) is 4. The van der Waals surface area contributed by atoms with Gasteiger partial charge in [-0.25, -0.2) is 18.2 Å². The maximum absolute atomic E-state index is 14.0. The highest BCUT2D eigenvalue weighted by molar-refractivity contribution is 5.57. The molecule has 0 aliphatic heterocycles. The summed E-state index contributed by atoms with van der Waals surface area (Å²) in [6, 6.07) is 3.66. The van der Waals surface area contributed by atoms with Crippen molar-refractivity contribution in [2.24, 2.45) is 0 Å². The summed E-state index contributed by atoms with van der Waals surface area (Å²) in [7, 11) is 0. The molecular formula is C17H17F3N4. The minimum atomic E-state index is -1.22. The molecule has 3 rings (SSSR count). The zero-order chi connectivity index (χ0) is 17.3. The largest absolute Gasteiger partial charge is 0.331 e. The Morgan fingerprint density at radius 1 is 1.04 bits per heavy atom. The zero-order valence-corrected chi connectivity index (χ0v) is 13.4. The van der Waals surface area contributed by atoms with Gasteiger partial charge in [0.1, 0.15) is 11.6 Å². The summed E-state index contributed by atoms with van der Waals surface area (Å²) in [6.07, 6.45) is 3.77. The minimum absolute atomic E-state index is 0.0814. The molecule has 0 fully saturated rings. The second-order valence-electron chi connectivity index (χ2n) is 5.67. The molecule has 4 nitrogen and oxygen atoms in total. The summed E-state index contributed by atoms with van der Waals surface area (Å²) in [4.78, 5) is 3.99. The highest BCUT2D eigenvalue weighted by atomic mass is 19.2. The third-order valence-corrected chi connectivity index (χ3v) is 3.86. The number of imidazole rings is 1. The Morgan fingerprint density at radius 2 is 1.79 bits per heavy atom. The normalized spacial score (nSPS) is 11.2. The van der Waals surface area contributed by atoms with Crippen molar-refractivity contribution in [1.82, 2.24) is 19.3 Å². The van der Waals surface area contributed by atoms with Gasteiger partial charge in [0, 0.05) is 31.2 Å². The lowest BCUT2D eigenvalue weighted by atomic mass is 10.1. The van der Waals surface area contributed by atoms with Crippen LogP contribution in [0.15, 0.2) is 30.6 Å². The molecule has 0 aliphatic carbocycles. The molecule has 2 heterocycles. The van der Waals surface area contributed by atoms with Crippen molar-refractivity contribution >= 4 is 0 Å². The maximum Gasteiger partial charge on any atom is 0.172 e. The Kier molecular flexibility index (Phi) is 4.42. The average Bonchev–Trinajstić information content (AvgIpc) is 3.11. The first kappa shape index (κ1) is 16.3. The monoisotopic (exact) mass is 334 g/mol. The number of rotatable bonds is 5. The summed E-state index contributed by atoms with van der Waals surface area (Å²) in [5.74, 6) is -3.07. The van der Waals surface area contributed by atoms with Crippen LogP contribution in [-0.2, 0) is 13.1 Å². The smallest absolute Gasteiger partial charge is 0.172 e. The summed E-state index contributed by atoms with van der Waals surface area (Å²) in [5.41, 5.74) is 1.56. The van der Waals surface area contributed by atoms with Crippen molar-refractivity contribution in [3.05, 3.63) is 59.4 Å². The van der Waals surface area contributed by atoms with Crippen LogP contribution in [0.3, 0.4) is 0 Å². The lowest BCUT2D eigenvalue weighted by Gasteiger charge is -2.10. The third-order valence-electron chi connectivity index (χ3n) is 3.86. The molecule has 1 aromatic carbocycles. The van der Waals surface area contributed by atoms with Crippen molar-refractivity contribution in [2.75, 3.05) is 0 Å². The molecule has 126 valence electrons. The molecule has 7 heteroatoms. The molecule has 0 radical (unpaired) electrons. The minimum Gasteiger partial charge on any atom is -0.331 e. The Balaban J connectivity index is 1.79. The van der Waals surface area contributed by atoms with Crippen LogP contribution in [0.1, 0.15) is 17.8 Å². The second kappa shape index (κ2) is 6.51. The van der Waals surface area contributed by atoms with E-state index in [1.165, 1.54) is 6.20 Å². The van der Waals surface area contributed by atoms with Crippen LogP contribution < -0.4 is 0 Å². The van der Waals surface area contributed by atoms with Crippen molar-refractivity contribution < 1.29 is 13.2 Å². The number of aryl methyl sites for hydroxylation is 4. The molecule has 0 saturated heterocycles. The van der Waals surface area contributed by atoms with Gasteiger partial charge in [-0.1, -0.05) is 0 Å². The number of aromatic nitrogens is 4. The molecule has 3 aromatic rings. The van der Waals surface area contributed by atoms with E-state index in [4.69, 9.17) is 0 Å². The van der Waals surface area contributed by atoms with E-state index >= 15 is 0 Å². The topological polar surface area (TPSA) is 35.6 Å². The molecular weight excluding hydrogens is 317 g/mol. The number of benzene rings is 1. The van der Waals surface area contributed by atoms with Gasteiger partial charge < -0.3 is 4.57 Å². The van der Waals surface area contributed by atoms with Gasteiger partial charge in [0.15, 0.2) is 11.6 Å². The van der Waals surface area contributed by atoms with E-state index in [1.807, 2.05) is 24.6 Å². The standard InChI is InChI=1S/C17H17F3N4/c1-11-10-12(2)24(22-11)8-3-7-23-9-6-21-17(23)15-13(18)4-5-14(19)16(15)20/h4-6,9-10H,3,7-8H2,1-2H3. The summed E-state index contributed by atoms with van der Waals surface area (Å²) in [5, 5.41) is 4.37. The molecule has 0 atom stereocenters. The number of hydrogen-bond donors (Lipinski definition) is 0. The van der Waals surface area contributed by atoms with Crippen molar-refractivity contribution in [2.45, 2.75) is 33.4 Å². The van der Waals surface area contributed by atoms with E-state index < -0.39 is 23.0 Å². The van der Waals surface area contributed by atoms with Gasteiger partial charge in [-0.3, -0.25) is 4.68 Å². The predicted octanol–water partition coefficient (Wildman–Crippen LogP) is 3.87. The van der Waals surface area contributed by atoms with Gasteiger partial charge in [-0.05, 0) is 38.5 Å². The molecule has 2 aromatic heterocycles. The Labute approximate surface area is 137 Å². The molecule has 0 bridgehead atoms. The molecule has 0 saturated carbocycles. The fraction of sp³-hybridized carbons (Fsp3) is 0.294. The molecule has 0 amide bonds. The lowest BCUT2D eigenvalue weighted by Crippen LogP contribution is -2.08.